The van der Waals surface area contributed by atoms with Crippen LogP contribution < -0.4 is 5.32 Å². The number of alkyl carbamates (subject to hydrolysis) is 1. The SMILES string of the molecule is Cc1ccc(CC2OC(=O)NC2CO)cc1. The van der Waals surface area contributed by atoms with Crippen molar-refractivity contribution in [2.45, 2.75) is 25.5 Å². The van der Waals surface area contributed by atoms with Crippen LogP contribution in [0.3, 0.4) is 0 Å². The van der Waals surface area contributed by atoms with Gasteiger partial charge in [0, 0.05) is 6.42 Å². The van der Waals surface area contributed by atoms with E-state index in [1.165, 1.54) is 5.56 Å². The summed E-state index contributed by atoms with van der Waals surface area (Å²) in [4.78, 5) is 11.0. The highest BCUT2D eigenvalue weighted by Gasteiger charge is 2.33. The smallest absolute Gasteiger partial charge is 0.407 e. The number of amides is 1. The van der Waals surface area contributed by atoms with Crippen LogP contribution in [0.2, 0.25) is 0 Å². The van der Waals surface area contributed by atoms with Gasteiger partial charge in [0.1, 0.15) is 6.10 Å². The van der Waals surface area contributed by atoms with Crippen LogP contribution in [0.5, 0.6) is 0 Å². The molecular formula is C12H15NO3. The Labute approximate surface area is 94.2 Å². The molecule has 4 heteroatoms. The summed E-state index contributed by atoms with van der Waals surface area (Å²) in [6.45, 7) is 1.93. The molecule has 86 valence electrons. The molecule has 1 aromatic carbocycles. The van der Waals surface area contributed by atoms with Gasteiger partial charge >= 0.3 is 6.09 Å². The van der Waals surface area contributed by atoms with Gasteiger partial charge in [-0.1, -0.05) is 29.8 Å². The second-order valence-electron chi connectivity index (χ2n) is 4.07. The molecule has 2 rings (SSSR count). The number of benzene rings is 1. The number of aryl methyl sites for hydroxylation is 1. The Morgan fingerprint density at radius 1 is 1.38 bits per heavy atom. The first kappa shape index (κ1) is 11.0. The number of aliphatic hydroxyl groups excluding tert-OH is 1. The van der Waals surface area contributed by atoms with Gasteiger partial charge in [0.25, 0.3) is 0 Å². The van der Waals surface area contributed by atoms with Gasteiger partial charge in [0.2, 0.25) is 0 Å². The molecule has 0 saturated carbocycles. The molecule has 16 heavy (non-hydrogen) atoms. The van der Waals surface area contributed by atoms with Crippen molar-refractivity contribution in [1.29, 1.82) is 0 Å². The number of cyclic esters (lactones) is 1. The molecule has 1 aliphatic rings. The maximum Gasteiger partial charge on any atom is 0.407 e. The predicted octanol–water partition coefficient (Wildman–Crippen LogP) is 1.01. The van der Waals surface area contributed by atoms with Crippen molar-refractivity contribution < 1.29 is 14.6 Å². The van der Waals surface area contributed by atoms with E-state index in [0.29, 0.717) is 6.42 Å². The highest BCUT2D eigenvalue weighted by molar-refractivity contribution is 5.70. The van der Waals surface area contributed by atoms with Crippen molar-refractivity contribution in [3.63, 3.8) is 0 Å². The van der Waals surface area contributed by atoms with E-state index in [1.54, 1.807) is 0 Å². The van der Waals surface area contributed by atoms with Gasteiger partial charge in [0.15, 0.2) is 0 Å². The summed E-state index contributed by atoms with van der Waals surface area (Å²) in [5.74, 6) is 0. The zero-order chi connectivity index (χ0) is 11.5. The molecule has 4 nitrogen and oxygen atoms in total. The average molecular weight is 221 g/mol. The minimum atomic E-state index is -0.448. The van der Waals surface area contributed by atoms with E-state index in [2.05, 4.69) is 5.32 Å². The monoisotopic (exact) mass is 221 g/mol. The Morgan fingerprint density at radius 3 is 2.69 bits per heavy atom. The average Bonchev–Trinajstić information content (AvgIpc) is 2.62. The fourth-order valence-electron chi connectivity index (χ4n) is 1.80. The molecule has 1 saturated heterocycles. The number of nitrogens with one attached hydrogen (secondary N) is 1. The third-order valence-corrected chi connectivity index (χ3v) is 2.76. The lowest BCUT2D eigenvalue weighted by Gasteiger charge is -2.14. The molecule has 0 aliphatic carbocycles. The van der Waals surface area contributed by atoms with Gasteiger partial charge < -0.3 is 15.2 Å². The van der Waals surface area contributed by atoms with Crippen molar-refractivity contribution in [3.8, 4) is 0 Å². The molecule has 1 amide bonds. The molecular weight excluding hydrogens is 206 g/mol. The van der Waals surface area contributed by atoms with E-state index < -0.39 is 6.09 Å². The van der Waals surface area contributed by atoms with Gasteiger partial charge in [0.05, 0.1) is 12.6 Å². The Balaban J connectivity index is 2.03. The van der Waals surface area contributed by atoms with E-state index in [1.807, 2.05) is 31.2 Å². The maximum atomic E-state index is 11.0. The van der Waals surface area contributed by atoms with Crippen molar-refractivity contribution in [3.05, 3.63) is 35.4 Å². The molecule has 1 fully saturated rings. The lowest BCUT2D eigenvalue weighted by molar-refractivity contribution is 0.119. The summed E-state index contributed by atoms with van der Waals surface area (Å²) in [5, 5.41) is 11.7. The highest BCUT2D eigenvalue weighted by atomic mass is 16.6. The first-order chi connectivity index (χ1) is 7.69. The summed E-state index contributed by atoms with van der Waals surface area (Å²) < 4.78 is 5.09. The van der Waals surface area contributed by atoms with Crippen LogP contribution in [0.1, 0.15) is 11.1 Å². The van der Waals surface area contributed by atoms with Crippen molar-refractivity contribution in [1.82, 2.24) is 5.32 Å². The Bertz CT molecular complexity index is 374. The quantitative estimate of drug-likeness (QED) is 0.800. The number of hydrogen-bond acceptors (Lipinski definition) is 3. The van der Waals surface area contributed by atoms with Crippen LogP contribution in [0.15, 0.2) is 24.3 Å². The maximum absolute atomic E-state index is 11.0. The molecule has 2 N–H and O–H groups in total. The first-order valence-electron chi connectivity index (χ1n) is 5.32. The summed E-state index contributed by atoms with van der Waals surface area (Å²) >= 11 is 0. The highest BCUT2D eigenvalue weighted by Crippen LogP contribution is 2.15. The zero-order valence-corrected chi connectivity index (χ0v) is 9.14. The largest absolute Gasteiger partial charge is 0.444 e. The predicted molar refractivity (Wildman–Crippen MR) is 59.2 cm³/mol. The van der Waals surface area contributed by atoms with Gasteiger partial charge in [-0.25, -0.2) is 4.79 Å². The molecule has 0 spiro atoms. The van der Waals surface area contributed by atoms with Crippen LogP contribution in [0.25, 0.3) is 0 Å². The lowest BCUT2D eigenvalue weighted by Crippen LogP contribution is -2.36. The number of hydrogen-bond donors (Lipinski definition) is 2. The van der Waals surface area contributed by atoms with Gasteiger partial charge in [-0.2, -0.15) is 0 Å². The molecule has 0 aromatic heterocycles. The molecule has 1 aliphatic heterocycles. The van der Waals surface area contributed by atoms with Gasteiger partial charge in [-0.3, -0.25) is 0 Å². The van der Waals surface area contributed by atoms with Crippen molar-refractivity contribution in [2.24, 2.45) is 0 Å². The van der Waals surface area contributed by atoms with Gasteiger partial charge in [-0.15, -0.1) is 0 Å². The minimum Gasteiger partial charge on any atom is -0.444 e. The summed E-state index contributed by atoms with van der Waals surface area (Å²) in [6, 6.07) is 7.76. The van der Waals surface area contributed by atoms with Crippen LogP contribution in [0, 0.1) is 6.92 Å². The lowest BCUT2D eigenvalue weighted by atomic mass is 10.0. The summed E-state index contributed by atoms with van der Waals surface area (Å²) in [5.41, 5.74) is 2.30. The van der Waals surface area contributed by atoms with Crippen LogP contribution >= 0.6 is 0 Å². The molecule has 0 radical (unpaired) electrons. The van der Waals surface area contributed by atoms with Crippen LogP contribution in [-0.4, -0.2) is 30.0 Å². The number of carbonyl (C=O) groups is 1. The Kier molecular flexibility index (Phi) is 3.10. The number of ether oxygens (including phenoxy) is 1. The fourth-order valence-corrected chi connectivity index (χ4v) is 1.80. The third-order valence-electron chi connectivity index (χ3n) is 2.76. The topological polar surface area (TPSA) is 58.6 Å². The van der Waals surface area contributed by atoms with E-state index in [4.69, 9.17) is 9.84 Å². The Hall–Kier alpha value is -1.55. The van der Waals surface area contributed by atoms with Gasteiger partial charge in [-0.05, 0) is 12.5 Å². The minimum absolute atomic E-state index is 0.0950. The third kappa shape index (κ3) is 2.33. The molecule has 2 unspecified atom stereocenters. The second kappa shape index (κ2) is 4.53. The summed E-state index contributed by atoms with van der Waals surface area (Å²) in [7, 11) is 0. The number of carbonyl (C=O) groups excluding carboxylic acids is 1. The van der Waals surface area contributed by atoms with Crippen molar-refractivity contribution in [2.75, 3.05) is 6.61 Å². The molecule has 1 heterocycles. The second-order valence-corrected chi connectivity index (χ2v) is 4.07. The molecule has 0 bridgehead atoms. The standard InChI is InChI=1S/C12H15NO3/c1-8-2-4-9(5-3-8)6-11-10(7-14)13-12(15)16-11/h2-5,10-11,14H,6-7H2,1H3,(H,13,15). The fraction of sp³-hybridized carbons (Fsp3) is 0.417. The van der Waals surface area contributed by atoms with E-state index in [9.17, 15) is 4.79 Å². The van der Waals surface area contributed by atoms with Crippen LogP contribution in [-0.2, 0) is 11.2 Å². The molecule has 2 atom stereocenters. The van der Waals surface area contributed by atoms with Crippen molar-refractivity contribution >= 4 is 6.09 Å². The first-order valence-corrected chi connectivity index (χ1v) is 5.32. The normalized spacial score (nSPS) is 24.0. The van der Waals surface area contributed by atoms with Crippen LogP contribution in [0.4, 0.5) is 4.79 Å². The Morgan fingerprint density at radius 2 is 2.06 bits per heavy atom. The van der Waals surface area contributed by atoms with E-state index in [-0.39, 0.29) is 18.8 Å². The van der Waals surface area contributed by atoms with E-state index in [0.717, 1.165) is 5.56 Å². The zero-order valence-electron chi connectivity index (χ0n) is 9.14. The number of aliphatic hydroxyl groups is 1. The summed E-state index contributed by atoms with van der Waals surface area (Å²) in [6.07, 6.45) is -0.0964. The number of rotatable bonds is 3. The molecule has 1 aromatic rings. The van der Waals surface area contributed by atoms with E-state index >= 15 is 0 Å².